The van der Waals surface area contributed by atoms with Crippen molar-refractivity contribution in [3.63, 3.8) is 0 Å². The van der Waals surface area contributed by atoms with E-state index >= 15 is 0 Å². The van der Waals surface area contributed by atoms with Crippen LogP contribution in [0.1, 0.15) is 40.2 Å². The number of carboxylic acid groups (broad SMARTS) is 1. The summed E-state index contributed by atoms with van der Waals surface area (Å²) in [5, 5.41) is 9.52. The minimum absolute atomic E-state index is 0.0994. The minimum Gasteiger partial charge on any atom is -0.477 e. The van der Waals surface area contributed by atoms with Gasteiger partial charge in [-0.1, -0.05) is 6.07 Å². The summed E-state index contributed by atoms with van der Waals surface area (Å²) in [5.41, 5.74) is 0.0951. The Balaban J connectivity index is 2.11. The van der Waals surface area contributed by atoms with Crippen molar-refractivity contribution >= 4 is 23.6 Å². The van der Waals surface area contributed by atoms with Crippen LogP contribution in [0.5, 0.6) is 0 Å². The number of thioether (sulfide) groups is 1. The highest BCUT2D eigenvalue weighted by Crippen LogP contribution is 2.31. The van der Waals surface area contributed by atoms with Crippen molar-refractivity contribution in [3.8, 4) is 0 Å². The fourth-order valence-electron chi connectivity index (χ4n) is 2.50. The number of hydrogen-bond acceptors (Lipinski definition) is 4. The van der Waals surface area contributed by atoms with E-state index in [1.165, 1.54) is 6.07 Å². The van der Waals surface area contributed by atoms with Crippen molar-refractivity contribution in [2.24, 2.45) is 0 Å². The Bertz CT molecular complexity index is 521. The zero-order valence-corrected chi connectivity index (χ0v) is 12.4. The highest BCUT2D eigenvalue weighted by molar-refractivity contribution is 7.99. The van der Waals surface area contributed by atoms with Gasteiger partial charge in [0.2, 0.25) is 0 Å². The van der Waals surface area contributed by atoms with Crippen LogP contribution in [0.2, 0.25) is 0 Å². The van der Waals surface area contributed by atoms with E-state index in [-0.39, 0.29) is 23.3 Å². The molecule has 6 heteroatoms. The predicted molar refractivity (Wildman–Crippen MR) is 78.2 cm³/mol. The van der Waals surface area contributed by atoms with E-state index in [0.29, 0.717) is 5.25 Å². The Labute approximate surface area is 122 Å². The number of hydrogen-bond donors (Lipinski definition) is 1. The molecule has 0 aromatic carbocycles. The average molecular weight is 294 g/mol. The van der Waals surface area contributed by atoms with Crippen molar-refractivity contribution in [3.05, 3.63) is 29.6 Å². The van der Waals surface area contributed by atoms with Crippen LogP contribution < -0.4 is 0 Å². The van der Waals surface area contributed by atoms with Gasteiger partial charge < -0.3 is 10.0 Å². The van der Waals surface area contributed by atoms with Gasteiger partial charge in [0.25, 0.3) is 5.91 Å². The first kappa shape index (κ1) is 14.8. The van der Waals surface area contributed by atoms with E-state index in [2.05, 4.69) is 11.2 Å². The summed E-state index contributed by atoms with van der Waals surface area (Å²) in [5.74, 6) is -1.33. The Morgan fingerprint density at radius 3 is 2.65 bits per heavy atom. The molecule has 0 bridgehead atoms. The van der Waals surface area contributed by atoms with Crippen molar-refractivity contribution in [1.82, 2.24) is 9.88 Å². The molecule has 1 aromatic rings. The van der Waals surface area contributed by atoms with Gasteiger partial charge in [-0.15, -0.1) is 0 Å². The summed E-state index contributed by atoms with van der Waals surface area (Å²) in [6.07, 6.45) is 5.19. The van der Waals surface area contributed by atoms with Gasteiger partial charge in [0.05, 0.1) is 0 Å². The highest BCUT2D eigenvalue weighted by Gasteiger charge is 2.30. The molecule has 0 aliphatic heterocycles. The van der Waals surface area contributed by atoms with Crippen LogP contribution in [0.15, 0.2) is 18.2 Å². The number of aromatic nitrogens is 1. The molecule has 1 heterocycles. The molecule has 2 atom stereocenters. The molecular weight excluding hydrogens is 276 g/mol. The maximum Gasteiger partial charge on any atom is 0.354 e. The predicted octanol–water partition coefficient (Wildman–Crippen LogP) is 2.14. The van der Waals surface area contributed by atoms with Crippen LogP contribution in [0.25, 0.3) is 0 Å². The van der Waals surface area contributed by atoms with Crippen molar-refractivity contribution < 1.29 is 14.7 Å². The molecular formula is C14H18N2O3S. The van der Waals surface area contributed by atoms with Gasteiger partial charge in [-0.05, 0) is 37.7 Å². The molecule has 1 aliphatic carbocycles. The van der Waals surface area contributed by atoms with Crippen molar-refractivity contribution in [2.45, 2.75) is 30.6 Å². The number of amides is 1. The summed E-state index contributed by atoms with van der Waals surface area (Å²) >= 11 is 1.84. The quantitative estimate of drug-likeness (QED) is 0.921. The molecule has 0 spiro atoms. The van der Waals surface area contributed by atoms with E-state index in [4.69, 9.17) is 5.11 Å². The molecule has 1 fully saturated rings. The maximum atomic E-state index is 12.4. The van der Waals surface area contributed by atoms with Gasteiger partial charge in [0.15, 0.2) is 0 Å². The summed E-state index contributed by atoms with van der Waals surface area (Å²) in [6.45, 7) is 0. The third kappa shape index (κ3) is 3.12. The lowest BCUT2D eigenvalue weighted by atomic mass is 10.2. The standard InChI is InChI=1S/C14H18N2O3S/c1-16(9-6-7-10(8-9)20-2)13(17)11-4-3-5-12(15-11)14(18)19/h3-5,9-10H,6-8H2,1-2H3,(H,18,19)/t9-,10-/m0/s1. The van der Waals surface area contributed by atoms with E-state index in [1.807, 2.05) is 11.8 Å². The first-order valence-electron chi connectivity index (χ1n) is 6.53. The van der Waals surface area contributed by atoms with E-state index < -0.39 is 5.97 Å². The lowest BCUT2D eigenvalue weighted by Crippen LogP contribution is -2.36. The molecule has 108 valence electrons. The van der Waals surface area contributed by atoms with Crippen LogP contribution in [0.4, 0.5) is 0 Å². The lowest BCUT2D eigenvalue weighted by molar-refractivity contribution is 0.0689. The third-order valence-corrected chi connectivity index (χ3v) is 4.84. The second kappa shape index (κ2) is 6.26. The van der Waals surface area contributed by atoms with Crippen LogP contribution in [-0.2, 0) is 0 Å². The molecule has 1 amide bonds. The topological polar surface area (TPSA) is 70.5 Å². The smallest absolute Gasteiger partial charge is 0.354 e. The van der Waals surface area contributed by atoms with Gasteiger partial charge in [0.1, 0.15) is 11.4 Å². The first-order chi connectivity index (χ1) is 9.52. The summed E-state index contributed by atoms with van der Waals surface area (Å²) in [6, 6.07) is 4.72. The molecule has 1 aliphatic rings. The van der Waals surface area contributed by atoms with Gasteiger partial charge in [0, 0.05) is 18.3 Å². The number of carboxylic acids is 1. The third-order valence-electron chi connectivity index (χ3n) is 3.75. The molecule has 0 radical (unpaired) electrons. The van der Waals surface area contributed by atoms with E-state index in [9.17, 15) is 9.59 Å². The van der Waals surface area contributed by atoms with Gasteiger partial charge in [-0.3, -0.25) is 4.79 Å². The van der Waals surface area contributed by atoms with E-state index in [0.717, 1.165) is 19.3 Å². The molecule has 0 saturated heterocycles. The number of carbonyl (C=O) groups is 2. The second-order valence-corrected chi connectivity index (χ2v) is 6.09. The summed E-state index contributed by atoms with van der Waals surface area (Å²) in [7, 11) is 1.77. The molecule has 1 aromatic heterocycles. The van der Waals surface area contributed by atoms with Crippen molar-refractivity contribution in [2.75, 3.05) is 13.3 Å². The van der Waals surface area contributed by atoms with E-state index in [1.54, 1.807) is 24.1 Å². The zero-order valence-electron chi connectivity index (χ0n) is 11.6. The SMILES string of the molecule is CS[C@H]1CC[C@H](N(C)C(=O)c2cccc(C(=O)O)n2)C1. The van der Waals surface area contributed by atoms with Crippen LogP contribution in [0, 0.1) is 0 Å². The Morgan fingerprint density at radius 1 is 1.35 bits per heavy atom. The Morgan fingerprint density at radius 2 is 2.05 bits per heavy atom. The van der Waals surface area contributed by atoms with Crippen molar-refractivity contribution in [1.29, 1.82) is 0 Å². The number of rotatable bonds is 4. The van der Waals surface area contributed by atoms with Crippen LogP contribution in [-0.4, -0.2) is 51.5 Å². The molecule has 2 rings (SSSR count). The number of pyridine rings is 1. The van der Waals surface area contributed by atoms with Gasteiger partial charge >= 0.3 is 5.97 Å². The number of carbonyl (C=O) groups excluding carboxylic acids is 1. The molecule has 0 unspecified atom stereocenters. The van der Waals surface area contributed by atoms with Gasteiger partial charge in [-0.2, -0.15) is 11.8 Å². The Hall–Kier alpha value is -1.56. The monoisotopic (exact) mass is 294 g/mol. The second-order valence-electron chi connectivity index (χ2n) is 4.95. The number of nitrogens with zero attached hydrogens (tertiary/aromatic N) is 2. The zero-order chi connectivity index (χ0) is 14.7. The fourth-order valence-corrected chi connectivity index (χ4v) is 3.29. The molecule has 5 nitrogen and oxygen atoms in total. The fraction of sp³-hybridized carbons (Fsp3) is 0.500. The van der Waals surface area contributed by atoms with Crippen LogP contribution >= 0.6 is 11.8 Å². The highest BCUT2D eigenvalue weighted by atomic mass is 32.2. The largest absolute Gasteiger partial charge is 0.477 e. The molecule has 20 heavy (non-hydrogen) atoms. The molecule has 1 saturated carbocycles. The van der Waals surface area contributed by atoms with Gasteiger partial charge in [-0.25, -0.2) is 9.78 Å². The molecule has 1 N–H and O–H groups in total. The lowest BCUT2D eigenvalue weighted by Gasteiger charge is -2.24. The van der Waals surface area contributed by atoms with Crippen LogP contribution in [0.3, 0.4) is 0 Å². The maximum absolute atomic E-state index is 12.4. The first-order valence-corrected chi connectivity index (χ1v) is 7.82. The normalized spacial score (nSPS) is 21.7. The minimum atomic E-state index is -1.12. The average Bonchev–Trinajstić information content (AvgIpc) is 2.94. The number of aromatic carboxylic acids is 1. The summed E-state index contributed by atoms with van der Waals surface area (Å²) in [4.78, 5) is 28.9. The summed E-state index contributed by atoms with van der Waals surface area (Å²) < 4.78 is 0. The Kier molecular flexibility index (Phi) is 4.65.